The van der Waals surface area contributed by atoms with E-state index in [-0.39, 0.29) is 6.04 Å². The fraction of sp³-hybridized carbons (Fsp3) is 0.895. The van der Waals surface area contributed by atoms with Crippen molar-refractivity contribution in [2.24, 2.45) is 9.98 Å². The summed E-state index contributed by atoms with van der Waals surface area (Å²) in [4.78, 5) is 27.2. The molecule has 1 atom stereocenters. The monoisotopic (exact) mass is 322 g/mol. The van der Waals surface area contributed by atoms with Crippen LogP contribution >= 0.6 is 0 Å². The molecule has 0 aromatic rings. The first-order valence-corrected chi connectivity index (χ1v) is 9.42. The number of hydrogen-bond acceptors (Lipinski definition) is 4. The Bertz CT molecular complexity index is 345. The van der Waals surface area contributed by atoms with E-state index in [2.05, 4.69) is 9.98 Å². The molecular weight excluding hydrogens is 288 g/mol. The molecule has 0 aliphatic heterocycles. The molecule has 1 unspecified atom stereocenters. The van der Waals surface area contributed by atoms with Crippen LogP contribution in [-0.4, -0.2) is 24.7 Å². The zero-order chi connectivity index (χ0) is 17.0. The summed E-state index contributed by atoms with van der Waals surface area (Å²) in [5.74, 6) is 0. The molecule has 0 rings (SSSR count). The molecule has 0 aliphatic carbocycles. The maximum Gasteiger partial charge on any atom is 0.235 e. The highest BCUT2D eigenvalue weighted by molar-refractivity contribution is 5.33. The van der Waals surface area contributed by atoms with Crippen LogP contribution in [-0.2, 0) is 9.59 Å². The van der Waals surface area contributed by atoms with E-state index in [1.807, 2.05) is 6.92 Å². The Balaban J connectivity index is 3.08. The number of carbonyl (C=O) groups excluding carboxylic acids is 2. The highest BCUT2D eigenvalue weighted by Crippen LogP contribution is 2.13. The van der Waals surface area contributed by atoms with Gasteiger partial charge >= 0.3 is 0 Å². The van der Waals surface area contributed by atoms with E-state index in [0.29, 0.717) is 6.54 Å². The summed E-state index contributed by atoms with van der Waals surface area (Å²) < 4.78 is 0. The molecule has 0 amide bonds. The van der Waals surface area contributed by atoms with Crippen LogP contribution in [0.4, 0.5) is 0 Å². The Labute approximate surface area is 141 Å². The van der Waals surface area contributed by atoms with E-state index in [1.165, 1.54) is 77.0 Å². The van der Waals surface area contributed by atoms with Gasteiger partial charge in [0.25, 0.3) is 0 Å². The number of nitrogens with zero attached hydrogens (tertiary/aromatic N) is 2. The standard InChI is InChI=1S/C19H34N2O2/c1-19(21-18-23)15-13-11-9-7-5-3-2-4-6-8-10-12-14-16-20-17-22/h19H,2-16H2,1H3. The van der Waals surface area contributed by atoms with Gasteiger partial charge in [0.05, 0.1) is 12.6 Å². The number of isocyanates is 2. The normalized spacial score (nSPS) is 11.5. The van der Waals surface area contributed by atoms with Crippen LogP contribution in [0.15, 0.2) is 9.98 Å². The largest absolute Gasteiger partial charge is 0.235 e. The van der Waals surface area contributed by atoms with Crippen LogP contribution in [0.3, 0.4) is 0 Å². The maximum atomic E-state index is 10.1. The van der Waals surface area contributed by atoms with Crippen molar-refractivity contribution in [2.45, 2.75) is 103 Å². The summed E-state index contributed by atoms with van der Waals surface area (Å²) in [7, 11) is 0. The van der Waals surface area contributed by atoms with Gasteiger partial charge in [-0.25, -0.2) is 19.6 Å². The Hall–Kier alpha value is -1.24. The third-order valence-corrected chi connectivity index (χ3v) is 4.23. The molecule has 23 heavy (non-hydrogen) atoms. The lowest BCUT2D eigenvalue weighted by Crippen LogP contribution is -1.96. The van der Waals surface area contributed by atoms with E-state index >= 15 is 0 Å². The number of hydrogen-bond donors (Lipinski definition) is 0. The van der Waals surface area contributed by atoms with Crippen LogP contribution < -0.4 is 0 Å². The predicted octanol–water partition coefficient (Wildman–Crippen LogP) is 5.51. The third-order valence-electron chi connectivity index (χ3n) is 4.23. The summed E-state index contributed by atoms with van der Waals surface area (Å²) in [5.41, 5.74) is 0. The maximum absolute atomic E-state index is 10.1. The second-order valence-corrected chi connectivity index (χ2v) is 6.43. The average Bonchev–Trinajstić information content (AvgIpc) is 2.54. The van der Waals surface area contributed by atoms with E-state index in [9.17, 15) is 9.59 Å². The average molecular weight is 322 g/mol. The van der Waals surface area contributed by atoms with Crippen molar-refractivity contribution in [3.8, 4) is 0 Å². The van der Waals surface area contributed by atoms with Gasteiger partial charge < -0.3 is 0 Å². The summed E-state index contributed by atoms with van der Waals surface area (Å²) in [6.45, 7) is 2.62. The molecule has 4 nitrogen and oxygen atoms in total. The van der Waals surface area contributed by atoms with Crippen molar-refractivity contribution < 1.29 is 9.59 Å². The van der Waals surface area contributed by atoms with E-state index in [1.54, 1.807) is 12.2 Å². The minimum atomic E-state index is 0.144. The van der Waals surface area contributed by atoms with Crippen molar-refractivity contribution in [3.63, 3.8) is 0 Å². The Morgan fingerprint density at radius 1 is 0.652 bits per heavy atom. The highest BCUT2D eigenvalue weighted by Gasteiger charge is 1.98. The molecule has 0 spiro atoms. The van der Waals surface area contributed by atoms with Crippen LogP contribution in [0.25, 0.3) is 0 Å². The third kappa shape index (κ3) is 18.7. The lowest BCUT2D eigenvalue weighted by atomic mass is 10.0. The molecule has 0 saturated carbocycles. The molecule has 0 saturated heterocycles. The van der Waals surface area contributed by atoms with E-state index in [4.69, 9.17) is 0 Å². The molecule has 0 aromatic heterocycles. The summed E-state index contributed by atoms with van der Waals surface area (Å²) in [5, 5.41) is 0. The van der Waals surface area contributed by atoms with Gasteiger partial charge in [0.2, 0.25) is 12.2 Å². The fourth-order valence-electron chi connectivity index (χ4n) is 2.78. The van der Waals surface area contributed by atoms with Gasteiger partial charge in [-0.2, -0.15) is 0 Å². The molecular formula is C19H34N2O2. The summed E-state index contributed by atoms with van der Waals surface area (Å²) in [6, 6.07) is 0.144. The van der Waals surface area contributed by atoms with Gasteiger partial charge in [-0.05, 0) is 19.8 Å². The van der Waals surface area contributed by atoms with Gasteiger partial charge in [0.1, 0.15) is 0 Å². The molecule has 0 aromatic carbocycles. The molecule has 132 valence electrons. The molecule has 0 radical (unpaired) electrons. The van der Waals surface area contributed by atoms with Crippen LogP contribution in [0, 0.1) is 0 Å². The van der Waals surface area contributed by atoms with Crippen molar-refractivity contribution in [2.75, 3.05) is 6.54 Å². The van der Waals surface area contributed by atoms with Crippen molar-refractivity contribution in [1.82, 2.24) is 0 Å². The molecule has 0 fully saturated rings. The smallest absolute Gasteiger partial charge is 0.211 e. The summed E-state index contributed by atoms with van der Waals surface area (Å²) in [6.07, 6.45) is 20.8. The minimum absolute atomic E-state index is 0.144. The van der Waals surface area contributed by atoms with E-state index in [0.717, 1.165) is 12.8 Å². The highest BCUT2D eigenvalue weighted by atomic mass is 16.1. The molecule has 0 N–H and O–H groups in total. The number of unbranched alkanes of at least 4 members (excludes halogenated alkanes) is 12. The molecule has 0 aliphatic rings. The number of aliphatic imine (C=N–C) groups is 2. The molecule has 4 heteroatoms. The lowest BCUT2D eigenvalue weighted by Gasteiger charge is -2.04. The summed E-state index contributed by atoms with van der Waals surface area (Å²) >= 11 is 0. The zero-order valence-electron chi connectivity index (χ0n) is 14.9. The van der Waals surface area contributed by atoms with Crippen LogP contribution in [0.5, 0.6) is 0 Å². The topological polar surface area (TPSA) is 58.9 Å². The number of rotatable bonds is 17. The lowest BCUT2D eigenvalue weighted by molar-refractivity contribution is 0.520. The van der Waals surface area contributed by atoms with Gasteiger partial charge in [0.15, 0.2) is 0 Å². The Morgan fingerprint density at radius 3 is 1.52 bits per heavy atom. The first-order chi connectivity index (χ1) is 11.3. The second kappa shape index (κ2) is 18.8. The SMILES string of the molecule is CC(CCCCCCCCCCCCCCCN=C=O)N=C=O. The minimum Gasteiger partial charge on any atom is -0.211 e. The van der Waals surface area contributed by atoms with Crippen LogP contribution in [0.1, 0.15) is 96.8 Å². The Morgan fingerprint density at radius 2 is 1.09 bits per heavy atom. The Kier molecular flexibility index (Phi) is 17.8. The first kappa shape index (κ1) is 21.8. The van der Waals surface area contributed by atoms with Gasteiger partial charge in [-0.15, -0.1) is 0 Å². The fourth-order valence-corrected chi connectivity index (χ4v) is 2.78. The first-order valence-electron chi connectivity index (χ1n) is 9.42. The molecule has 0 heterocycles. The van der Waals surface area contributed by atoms with Crippen molar-refractivity contribution in [1.29, 1.82) is 0 Å². The molecule has 0 bridgehead atoms. The van der Waals surface area contributed by atoms with Gasteiger partial charge in [-0.1, -0.05) is 77.0 Å². The van der Waals surface area contributed by atoms with Crippen molar-refractivity contribution >= 4 is 12.2 Å². The van der Waals surface area contributed by atoms with Crippen molar-refractivity contribution in [3.05, 3.63) is 0 Å². The van der Waals surface area contributed by atoms with Gasteiger partial charge in [0, 0.05) is 0 Å². The van der Waals surface area contributed by atoms with E-state index < -0.39 is 0 Å². The zero-order valence-corrected chi connectivity index (χ0v) is 14.9. The quantitative estimate of drug-likeness (QED) is 0.201. The second-order valence-electron chi connectivity index (χ2n) is 6.43. The van der Waals surface area contributed by atoms with Gasteiger partial charge in [-0.3, -0.25) is 0 Å². The van der Waals surface area contributed by atoms with Crippen LogP contribution in [0.2, 0.25) is 0 Å². The predicted molar refractivity (Wildman–Crippen MR) is 95.2 cm³/mol.